The highest BCUT2D eigenvalue weighted by molar-refractivity contribution is 7.18. The maximum atomic E-state index is 13.3. The summed E-state index contributed by atoms with van der Waals surface area (Å²) in [7, 11) is 0. The summed E-state index contributed by atoms with van der Waals surface area (Å²) in [5.41, 5.74) is 2.46. The molecular weight excluding hydrogens is 318 g/mol. The van der Waals surface area contributed by atoms with Crippen LogP contribution in [0.15, 0.2) is 41.5 Å². The van der Waals surface area contributed by atoms with Crippen LogP contribution in [-0.2, 0) is 13.0 Å². The molecule has 4 nitrogen and oxygen atoms in total. The van der Waals surface area contributed by atoms with Gasteiger partial charge in [-0.15, -0.1) is 11.3 Å². The van der Waals surface area contributed by atoms with Crippen molar-refractivity contribution in [2.75, 3.05) is 6.54 Å². The molecule has 1 aromatic carbocycles. The summed E-state index contributed by atoms with van der Waals surface area (Å²) in [5.74, 6) is 0.306. The van der Waals surface area contributed by atoms with Gasteiger partial charge in [-0.05, 0) is 30.0 Å². The number of hydrogen-bond donors (Lipinski definition) is 1. The van der Waals surface area contributed by atoms with E-state index in [0.29, 0.717) is 5.92 Å². The molecule has 0 aliphatic carbocycles. The molecular formula is C19H21N3OS. The second-order valence-electron chi connectivity index (χ2n) is 6.67. The zero-order valence-electron chi connectivity index (χ0n) is 14.0. The molecule has 2 aromatic heterocycles. The second-order valence-corrected chi connectivity index (χ2v) is 7.75. The summed E-state index contributed by atoms with van der Waals surface area (Å²) in [5, 5.41) is 4.21. The molecule has 0 radical (unpaired) electrons. The Balaban J connectivity index is 1.93. The van der Waals surface area contributed by atoms with E-state index in [9.17, 15) is 4.79 Å². The van der Waals surface area contributed by atoms with Gasteiger partial charge in [0.2, 0.25) is 0 Å². The highest BCUT2D eigenvalue weighted by Gasteiger charge is 2.24. The first-order valence-electron chi connectivity index (χ1n) is 8.44. The SMILES string of the molecule is CC(C)C(c1ccccc1)n1cnc2sc3c(c2c1=O)CCNC3. The molecule has 5 heteroatoms. The van der Waals surface area contributed by atoms with E-state index in [1.807, 2.05) is 22.8 Å². The maximum absolute atomic E-state index is 13.3. The van der Waals surface area contributed by atoms with E-state index in [0.717, 1.165) is 35.3 Å². The summed E-state index contributed by atoms with van der Waals surface area (Å²) < 4.78 is 1.83. The molecule has 3 heterocycles. The summed E-state index contributed by atoms with van der Waals surface area (Å²) in [6, 6.07) is 10.3. The molecule has 0 spiro atoms. The lowest BCUT2D eigenvalue weighted by molar-refractivity contribution is 0.424. The fraction of sp³-hybridized carbons (Fsp3) is 0.368. The van der Waals surface area contributed by atoms with Gasteiger partial charge >= 0.3 is 0 Å². The maximum Gasteiger partial charge on any atom is 0.262 e. The Kier molecular flexibility index (Phi) is 3.98. The van der Waals surface area contributed by atoms with Crippen LogP contribution in [-0.4, -0.2) is 16.1 Å². The fourth-order valence-corrected chi connectivity index (χ4v) is 4.79. The van der Waals surface area contributed by atoms with Crippen LogP contribution in [0.3, 0.4) is 0 Å². The van der Waals surface area contributed by atoms with Crippen LogP contribution in [0.4, 0.5) is 0 Å². The molecule has 24 heavy (non-hydrogen) atoms. The van der Waals surface area contributed by atoms with Crippen molar-refractivity contribution in [3.8, 4) is 0 Å². The number of fused-ring (bicyclic) bond motifs is 3. The highest BCUT2D eigenvalue weighted by Crippen LogP contribution is 2.31. The minimum atomic E-state index is 0.00728. The number of nitrogens with zero attached hydrogens (tertiary/aromatic N) is 2. The molecule has 0 fully saturated rings. The van der Waals surface area contributed by atoms with Crippen LogP contribution >= 0.6 is 11.3 Å². The smallest absolute Gasteiger partial charge is 0.262 e. The van der Waals surface area contributed by atoms with Crippen molar-refractivity contribution in [1.82, 2.24) is 14.9 Å². The van der Waals surface area contributed by atoms with E-state index in [2.05, 4.69) is 36.3 Å². The zero-order chi connectivity index (χ0) is 16.7. The molecule has 4 rings (SSSR count). The molecule has 124 valence electrons. The second kappa shape index (κ2) is 6.15. The first-order chi connectivity index (χ1) is 11.7. The normalized spacial score (nSPS) is 15.6. The molecule has 0 saturated carbocycles. The first-order valence-corrected chi connectivity index (χ1v) is 9.25. The van der Waals surface area contributed by atoms with Crippen LogP contribution in [0.2, 0.25) is 0 Å². The van der Waals surface area contributed by atoms with Crippen LogP contribution in [0, 0.1) is 5.92 Å². The van der Waals surface area contributed by atoms with Crippen LogP contribution in [0.5, 0.6) is 0 Å². The summed E-state index contributed by atoms with van der Waals surface area (Å²) in [4.78, 5) is 20.1. The number of thiophene rings is 1. The molecule has 0 bridgehead atoms. The van der Waals surface area contributed by atoms with Gasteiger partial charge in [0, 0.05) is 11.4 Å². The number of hydrogen-bond acceptors (Lipinski definition) is 4. The molecule has 1 aliphatic heterocycles. The van der Waals surface area contributed by atoms with Crippen LogP contribution in [0.25, 0.3) is 10.2 Å². The Labute approximate surface area is 145 Å². The predicted molar refractivity (Wildman–Crippen MR) is 98.7 cm³/mol. The van der Waals surface area contributed by atoms with Crippen molar-refractivity contribution in [1.29, 1.82) is 0 Å². The van der Waals surface area contributed by atoms with Crippen LogP contribution in [0.1, 0.15) is 35.9 Å². The van der Waals surface area contributed by atoms with Gasteiger partial charge in [0.15, 0.2) is 0 Å². The van der Waals surface area contributed by atoms with Crippen molar-refractivity contribution in [3.05, 3.63) is 63.0 Å². The Morgan fingerprint density at radius 2 is 2.04 bits per heavy atom. The van der Waals surface area contributed by atoms with Gasteiger partial charge in [0.1, 0.15) is 4.83 Å². The minimum absolute atomic E-state index is 0.00728. The fourth-order valence-electron chi connectivity index (χ4n) is 3.64. The van der Waals surface area contributed by atoms with E-state index >= 15 is 0 Å². The lowest BCUT2D eigenvalue weighted by atomic mass is 9.95. The van der Waals surface area contributed by atoms with Gasteiger partial charge in [-0.3, -0.25) is 9.36 Å². The van der Waals surface area contributed by atoms with Crippen molar-refractivity contribution in [2.24, 2.45) is 5.92 Å². The van der Waals surface area contributed by atoms with Gasteiger partial charge in [-0.2, -0.15) is 0 Å². The number of aromatic nitrogens is 2. The molecule has 1 unspecified atom stereocenters. The molecule has 0 amide bonds. The third-order valence-corrected chi connectivity index (χ3v) is 5.87. The van der Waals surface area contributed by atoms with Gasteiger partial charge < -0.3 is 5.32 Å². The quantitative estimate of drug-likeness (QED) is 0.796. The topological polar surface area (TPSA) is 46.9 Å². The Morgan fingerprint density at radius 1 is 1.25 bits per heavy atom. The van der Waals surface area contributed by atoms with Gasteiger partial charge in [-0.25, -0.2) is 4.98 Å². The third-order valence-electron chi connectivity index (χ3n) is 4.73. The highest BCUT2D eigenvalue weighted by atomic mass is 32.1. The molecule has 0 saturated heterocycles. The van der Waals surface area contributed by atoms with Gasteiger partial charge in [0.05, 0.1) is 17.8 Å². The molecule has 1 aliphatic rings. The molecule has 3 aromatic rings. The first kappa shape index (κ1) is 15.5. The average molecular weight is 339 g/mol. The largest absolute Gasteiger partial charge is 0.312 e. The average Bonchev–Trinajstić information content (AvgIpc) is 2.97. The van der Waals surface area contributed by atoms with Crippen molar-refractivity contribution in [3.63, 3.8) is 0 Å². The van der Waals surface area contributed by atoms with Crippen molar-refractivity contribution in [2.45, 2.75) is 32.9 Å². The monoisotopic (exact) mass is 339 g/mol. The number of rotatable bonds is 3. The van der Waals surface area contributed by atoms with Crippen molar-refractivity contribution >= 4 is 21.6 Å². The van der Waals surface area contributed by atoms with E-state index in [-0.39, 0.29) is 11.6 Å². The van der Waals surface area contributed by atoms with Crippen molar-refractivity contribution < 1.29 is 0 Å². The predicted octanol–water partition coefficient (Wildman–Crippen LogP) is 3.35. The van der Waals surface area contributed by atoms with E-state index in [4.69, 9.17) is 0 Å². The standard InChI is InChI=1S/C19H21N3OS/c1-12(2)17(13-6-4-3-5-7-13)22-11-21-18-16(19(22)23)14-8-9-20-10-15(14)24-18/h3-7,11-12,17,20H,8-10H2,1-2H3. The lowest BCUT2D eigenvalue weighted by Crippen LogP contribution is -2.30. The lowest BCUT2D eigenvalue weighted by Gasteiger charge is -2.24. The number of nitrogens with one attached hydrogen (secondary N) is 1. The van der Waals surface area contributed by atoms with Crippen LogP contribution < -0.4 is 10.9 Å². The third kappa shape index (κ3) is 2.48. The van der Waals surface area contributed by atoms with Gasteiger partial charge in [0.25, 0.3) is 5.56 Å². The summed E-state index contributed by atoms with van der Waals surface area (Å²) in [6.45, 7) is 6.09. The number of benzene rings is 1. The minimum Gasteiger partial charge on any atom is -0.312 e. The Hall–Kier alpha value is -1.98. The summed E-state index contributed by atoms with van der Waals surface area (Å²) >= 11 is 1.65. The molecule has 1 N–H and O–H groups in total. The van der Waals surface area contributed by atoms with E-state index in [1.165, 1.54) is 10.4 Å². The Morgan fingerprint density at radius 3 is 2.79 bits per heavy atom. The Bertz CT molecular complexity index is 927. The van der Waals surface area contributed by atoms with E-state index < -0.39 is 0 Å². The van der Waals surface area contributed by atoms with Gasteiger partial charge in [-0.1, -0.05) is 44.2 Å². The van der Waals surface area contributed by atoms with E-state index in [1.54, 1.807) is 17.7 Å². The molecule has 1 atom stereocenters. The summed E-state index contributed by atoms with van der Waals surface area (Å²) in [6.07, 6.45) is 2.64. The zero-order valence-corrected chi connectivity index (χ0v) is 14.8.